The number of aliphatic hydroxyl groups is 1. The van der Waals surface area contributed by atoms with E-state index in [-0.39, 0.29) is 25.7 Å². The molecule has 5 atom stereocenters. The molecule has 2 unspecified atom stereocenters. The van der Waals surface area contributed by atoms with E-state index in [1.807, 2.05) is 0 Å². The summed E-state index contributed by atoms with van der Waals surface area (Å²) in [5.41, 5.74) is 0. The van der Waals surface area contributed by atoms with Crippen LogP contribution >= 0.6 is 15.6 Å². The van der Waals surface area contributed by atoms with Gasteiger partial charge in [-0.2, -0.15) is 0 Å². The summed E-state index contributed by atoms with van der Waals surface area (Å²) in [6, 6.07) is 0. The number of esters is 4. The summed E-state index contributed by atoms with van der Waals surface area (Å²) in [5, 5.41) is 10.6. The zero-order valence-electron chi connectivity index (χ0n) is 66.8. The minimum atomic E-state index is -4.96. The molecule has 0 aromatic carbocycles. The van der Waals surface area contributed by atoms with Crippen LogP contribution in [0.5, 0.6) is 0 Å². The second-order valence-corrected chi connectivity index (χ2v) is 33.3. The van der Waals surface area contributed by atoms with Gasteiger partial charge in [-0.25, -0.2) is 9.13 Å². The van der Waals surface area contributed by atoms with Crippen molar-refractivity contribution in [2.45, 2.75) is 464 Å². The van der Waals surface area contributed by atoms with Crippen LogP contribution in [0, 0.1) is 5.92 Å². The van der Waals surface area contributed by atoms with Crippen molar-refractivity contribution in [3.63, 3.8) is 0 Å². The maximum Gasteiger partial charge on any atom is 0.472 e. The van der Waals surface area contributed by atoms with Crippen molar-refractivity contribution in [2.24, 2.45) is 5.92 Å². The van der Waals surface area contributed by atoms with E-state index >= 15 is 0 Å². The molecule has 19 heteroatoms. The van der Waals surface area contributed by atoms with Gasteiger partial charge in [0.25, 0.3) is 0 Å². The van der Waals surface area contributed by atoms with Gasteiger partial charge in [0, 0.05) is 25.7 Å². The molecule has 0 aliphatic carbocycles. The van der Waals surface area contributed by atoms with Crippen molar-refractivity contribution >= 4 is 39.5 Å². The quantitative estimate of drug-likeness (QED) is 0.0222. The molecule has 0 aromatic rings. The third-order valence-corrected chi connectivity index (χ3v) is 21.4. The minimum Gasteiger partial charge on any atom is -0.462 e. The second-order valence-electron chi connectivity index (χ2n) is 30.3. The summed E-state index contributed by atoms with van der Waals surface area (Å²) in [6.45, 7) is 7.27. The molecular formula is C83H162O17P2. The van der Waals surface area contributed by atoms with Crippen LogP contribution in [-0.4, -0.2) is 96.7 Å². The molecule has 0 aliphatic heterocycles. The third kappa shape index (κ3) is 76.3. The Labute approximate surface area is 626 Å². The maximum atomic E-state index is 13.1. The first-order valence-corrected chi connectivity index (χ1v) is 46.1. The molecule has 0 spiro atoms. The highest BCUT2D eigenvalue weighted by atomic mass is 31.2. The van der Waals surface area contributed by atoms with Crippen LogP contribution in [0.2, 0.25) is 0 Å². The molecule has 0 rings (SSSR count). The van der Waals surface area contributed by atoms with Crippen molar-refractivity contribution in [2.75, 3.05) is 39.6 Å². The maximum absolute atomic E-state index is 13.1. The highest BCUT2D eigenvalue weighted by molar-refractivity contribution is 7.47. The Morgan fingerprint density at radius 1 is 0.265 bits per heavy atom. The minimum absolute atomic E-state index is 0.107. The molecule has 0 aromatic heterocycles. The van der Waals surface area contributed by atoms with Gasteiger partial charge in [-0.1, -0.05) is 394 Å². The van der Waals surface area contributed by atoms with Gasteiger partial charge in [-0.3, -0.25) is 37.3 Å². The Hall–Kier alpha value is -1.94. The van der Waals surface area contributed by atoms with Gasteiger partial charge in [0.05, 0.1) is 26.4 Å². The standard InChI is InChI=1S/C83H162O17P2/c1-6-9-12-15-17-19-21-23-25-27-29-31-33-35-40-44-48-52-57-62-67-81(86)94-73-79(100-83(88)69-64-58-53-49-45-41-36-34-32-30-28-26-24-22-20-18-16-13-10-7-2)75-98-102(91,92)96-71-77(84)70-95-101(89,90)97-74-78(72-93-80(85)66-61-55-14-11-8-3)99-82(87)68-63-59-54-50-46-42-38-37-39-43-47-51-56-60-65-76(4)5/h76-79,84H,6-75H2,1-5H3,(H,89,90)(H,91,92)/t77-,78+,79+/m0/s1. The fourth-order valence-corrected chi connectivity index (χ4v) is 14.5. The first-order chi connectivity index (χ1) is 49.5. The number of hydrogen-bond donors (Lipinski definition) is 3. The number of rotatable bonds is 83. The summed E-state index contributed by atoms with van der Waals surface area (Å²) >= 11 is 0. The lowest BCUT2D eigenvalue weighted by atomic mass is 10.0. The molecule has 0 saturated heterocycles. The second kappa shape index (κ2) is 75.9. The average molecular weight is 1490 g/mol. The van der Waals surface area contributed by atoms with Gasteiger partial charge in [0.15, 0.2) is 12.2 Å². The lowest BCUT2D eigenvalue weighted by Gasteiger charge is -2.21. The molecule has 0 bridgehead atoms. The van der Waals surface area contributed by atoms with Crippen molar-refractivity contribution in [3.8, 4) is 0 Å². The van der Waals surface area contributed by atoms with Crippen LogP contribution in [-0.2, 0) is 65.4 Å². The van der Waals surface area contributed by atoms with E-state index in [1.54, 1.807) is 0 Å². The van der Waals surface area contributed by atoms with Crippen molar-refractivity contribution in [3.05, 3.63) is 0 Å². The van der Waals surface area contributed by atoms with E-state index in [4.69, 9.17) is 37.0 Å². The number of carbonyl (C=O) groups excluding carboxylic acids is 4. The molecule has 0 aliphatic rings. The Balaban J connectivity index is 5.11. The number of hydrogen-bond acceptors (Lipinski definition) is 15. The zero-order chi connectivity index (χ0) is 74.8. The third-order valence-electron chi connectivity index (χ3n) is 19.5. The number of ether oxygens (including phenoxy) is 4. The smallest absolute Gasteiger partial charge is 0.462 e. The Morgan fingerprint density at radius 3 is 0.667 bits per heavy atom. The van der Waals surface area contributed by atoms with Crippen LogP contribution in [0.3, 0.4) is 0 Å². The highest BCUT2D eigenvalue weighted by Crippen LogP contribution is 2.45. The van der Waals surface area contributed by atoms with Crippen LogP contribution < -0.4 is 0 Å². The van der Waals surface area contributed by atoms with Gasteiger partial charge in [-0.15, -0.1) is 0 Å². The van der Waals surface area contributed by atoms with Crippen molar-refractivity contribution < 1.29 is 80.2 Å². The summed E-state index contributed by atoms with van der Waals surface area (Å²) < 4.78 is 68.5. The molecule has 0 fully saturated rings. The number of phosphoric ester groups is 2. The molecular weight excluding hydrogens is 1330 g/mol. The molecule has 0 radical (unpaired) electrons. The van der Waals surface area contributed by atoms with Gasteiger partial charge in [0.2, 0.25) is 0 Å². The van der Waals surface area contributed by atoms with E-state index in [0.29, 0.717) is 25.7 Å². The summed E-state index contributed by atoms with van der Waals surface area (Å²) in [6.07, 6.45) is 68.6. The van der Waals surface area contributed by atoms with Crippen LogP contribution in [0.15, 0.2) is 0 Å². The highest BCUT2D eigenvalue weighted by Gasteiger charge is 2.30. The fourth-order valence-electron chi connectivity index (χ4n) is 12.9. The lowest BCUT2D eigenvalue weighted by Crippen LogP contribution is -2.30. The van der Waals surface area contributed by atoms with Crippen LogP contribution in [0.1, 0.15) is 446 Å². The van der Waals surface area contributed by atoms with E-state index in [0.717, 1.165) is 102 Å². The van der Waals surface area contributed by atoms with Gasteiger partial charge >= 0.3 is 39.5 Å². The lowest BCUT2D eigenvalue weighted by molar-refractivity contribution is -0.161. The summed E-state index contributed by atoms with van der Waals surface area (Å²) in [5.74, 6) is -1.32. The molecule has 0 amide bonds. The topological polar surface area (TPSA) is 237 Å². The normalized spacial score (nSPS) is 13.8. The summed E-state index contributed by atoms with van der Waals surface area (Å²) in [7, 11) is -9.91. The van der Waals surface area contributed by atoms with Crippen LogP contribution in [0.4, 0.5) is 0 Å². The Morgan fingerprint density at radius 2 is 0.451 bits per heavy atom. The molecule has 102 heavy (non-hydrogen) atoms. The van der Waals surface area contributed by atoms with E-state index < -0.39 is 97.5 Å². The molecule has 606 valence electrons. The summed E-state index contributed by atoms with van der Waals surface area (Å²) in [4.78, 5) is 72.8. The van der Waals surface area contributed by atoms with Gasteiger partial charge in [-0.05, 0) is 31.6 Å². The monoisotopic (exact) mass is 1490 g/mol. The van der Waals surface area contributed by atoms with Crippen molar-refractivity contribution in [1.82, 2.24) is 0 Å². The number of carbonyl (C=O) groups is 4. The average Bonchev–Trinajstić information content (AvgIpc) is 0.923. The predicted molar refractivity (Wildman–Crippen MR) is 418 cm³/mol. The fraction of sp³-hybridized carbons (Fsp3) is 0.952. The largest absolute Gasteiger partial charge is 0.472 e. The van der Waals surface area contributed by atoms with Gasteiger partial charge in [0.1, 0.15) is 19.3 Å². The molecule has 0 saturated carbocycles. The van der Waals surface area contributed by atoms with E-state index in [1.165, 1.54) is 263 Å². The molecule has 0 heterocycles. The first-order valence-electron chi connectivity index (χ1n) is 43.1. The van der Waals surface area contributed by atoms with Crippen LogP contribution in [0.25, 0.3) is 0 Å². The van der Waals surface area contributed by atoms with Crippen molar-refractivity contribution in [1.29, 1.82) is 0 Å². The van der Waals surface area contributed by atoms with E-state index in [9.17, 15) is 43.2 Å². The predicted octanol–water partition coefficient (Wildman–Crippen LogP) is 25.2. The zero-order valence-corrected chi connectivity index (χ0v) is 68.5. The molecule has 17 nitrogen and oxygen atoms in total. The number of aliphatic hydroxyl groups excluding tert-OH is 1. The molecule has 3 N–H and O–H groups in total. The number of unbranched alkanes of at least 4 members (excludes halogenated alkanes) is 55. The Bertz CT molecular complexity index is 1940. The van der Waals surface area contributed by atoms with E-state index in [2.05, 4.69) is 34.6 Å². The van der Waals surface area contributed by atoms with Gasteiger partial charge < -0.3 is 33.8 Å². The Kier molecular flexibility index (Phi) is 74.4. The number of phosphoric acid groups is 2. The SMILES string of the molecule is CCCCCCCCCCCCCCCCCCCCCCC(=O)OC[C@H](COP(=O)(O)OC[C@@H](O)COP(=O)(O)OC[C@@H](COC(=O)CCCCCCC)OC(=O)CCCCCCCCCCCCCCCCC(C)C)OC(=O)CCCCCCCCCCCCCCCCCCCCCC. The first kappa shape index (κ1) is 100.